The van der Waals surface area contributed by atoms with Crippen LogP contribution in [0.2, 0.25) is 5.02 Å². The zero-order valence-electron chi connectivity index (χ0n) is 15.9. The van der Waals surface area contributed by atoms with Crippen molar-refractivity contribution in [2.24, 2.45) is 0 Å². The van der Waals surface area contributed by atoms with Crippen LogP contribution in [0, 0.1) is 0 Å². The van der Waals surface area contributed by atoms with E-state index >= 15 is 0 Å². The summed E-state index contributed by atoms with van der Waals surface area (Å²) in [6.07, 6.45) is 3.74. The van der Waals surface area contributed by atoms with Gasteiger partial charge in [-0.2, -0.15) is 0 Å². The molecule has 1 fully saturated rings. The average molecular weight is 406 g/mol. The van der Waals surface area contributed by atoms with Gasteiger partial charge in [-0.15, -0.1) is 10.2 Å². The summed E-state index contributed by atoms with van der Waals surface area (Å²) in [4.78, 5) is 23.2. The van der Waals surface area contributed by atoms with Gasteiger partial charge in [0.25, 0.3) is 0 Å². The Bertz CT molecular complexity index is 815. The van der Waals surface area contributed by atoms with Gasteiger partial charge in [-0.25, -0.2) is 0 Å². The summed E-state index contributed by atoms with van der Waals surface area (Å²) in [7, 11) is 0. The quantitative estimate of drug-likeness (QED) is 0.644. The summed E-state index contributed by atoms with van der Waals surface area (Å²) in [6.45, 7) is 2.34. The molecule has 8 heteroatoms. The zero-order chi connectivity index (χ0) is 20.0. The van der Waals surface area contributed by atoms with Gasteiger partial charge in [0.05, 0.1) is 18.4 Å². The fourth-order valence-electron chi connectivity index (χ4n) is 3.32. The Balaban J connectivity index is 1.53. The van der Waals surface area contributed by atoms with Gasteiger partial charge in [-0.1, -0.05) is 30.2 Å². The number of amides is 1. The number of carbonyl (C=O) groups excluding carboxylic acids is 2. The van der Waals surface area contributed by atoms with E-state index in [4.69, 9.17) is 20.8 Å². The van der Waals surface area contributed by atoms with Gasteiger partial charge >= 0.3 is 5.97 Å². The SMILES string of the molecule is CCOC(=O)CCNC(=O)CCc1nnc(C2(c3ccc(Cl)cc3)CCC2)o1. The number of carbonyl (C=O) groups is 2. The molecule has 2 aromatic rings. The molecule has 1 aromatic carbocycles. The Morgan fingerprint density at radius 2 is 1.96 bits per heavy atom. The van der Waals surface area contributed by atoms with E-state index in [-0.39, 0.29) is 36.7 Å². The van der Waals surface area contributed by atoms with Crippen molar-refractivity contribution in [2.45, 2.75) is 50.9 Å². The van der Waals surface area contributed by atoms with Crippen molar-refractivity contribution < 1.29 is 18.7 Å². The van der Waals surface area contributed by atoms with Crippen molar-refractivity contribution in [2.75, 3.05) is 13.2 Å². The number of rotatable bonds is 9. The predicted octanol–water partition coefficient (Wildman–Crippen LogP) is 3.20. The lowest BCUT2D eigenvalue weighted by Crippen LogP contribution is -2.35. The van der Waals surface area contributed by atoms with Crippen LogP contribution in [0.5, 0.6) is 0 Å². The smallest absolute Gasteiger partial charge is 0.307 e. The first-order valence-electron chi connectivity index (χ1n) is 9.55. The van der Waals surface area contributed by atoms with Crippen LogP contribution in [0.3, 0.4) is 0 Å². The molecule has 150 valence electrons. The Kier molecular flexibility index (Phi) is 6.67. The molecule has 28 heavy (non-hydrogen) atoms. The lowest BCUT2D eigenvalue weighted by molar-refractivity contribution is -0.143. The number of aryl methyl sites for hydroxylation is 1. The van der Waals surface area contributed by atoms with Crippen molar-refractivity contribution >= 4 is 23.5 Å². The maximum Gasteiger partial charge on any atom is 0.307 e. The number of benzene rings is 1. The second kappa shape index (κ2) is 9.19. The highest BCUT2D eigenvalue weighted by Crippen LogP contribution is 2.48. The van der Waals surface area contributed by atoms with E-state index in [0.29, 0.717) is 29.8 Å². The number of esters is 1. The molecule has 7 nitrogen and oxygen atoms in total. The average Bonchev–Trinajstić information content (AvgIpc) is 3.10. The fraction of sp³-hybridized carbons (Fsp3) is 0.500. The molecule has 1 heterocycles. The topological polar surface area (TPSA) is 94.3 Å². The Morgan fingerprint density at radius 1 is 1.21 bits per heavy atom. The van der Waals surface area contributed by atoms with Crippen LogP contribution < -0.4 is 5.32 Å². The minimum atomic E-state index is -0.322. The Morgan fingerprint density at radius 3 is 2.61 bits per heavy atom. The zero-order valence-corrected chi connectivity index (χ0v) is 16.6. The van der Waals surface area contributed by atoms with Crippen LogP contribution >= 0.6 is 11.6 Å². The lowest BCUT2D eigenvalue weighted by Gasteiger charge is -2.39. The first kappa shape index (κ1) is 20.3. The molecule has 1 amide bonds. The van der Waals surface area contributed by atoms with Crippen molar-refractivity contribution in [1.82, 2.24) is 15.5 Å². The highest BCUT2D eigenvalue weighted by Gasteiger charge is 2.45. The maximum absolute atomic E-state index is 11.9. The molecule has 0 aliphatic heterocycles. The summed E-state index contributed by atoms with van der Waals surface area (Å²) in [5.41, 5.74) is 0.868. The van der Waals surface area contributed by atoms with Crippen LogP contribution in [0.25, 0.3) is 0 Å². The van der Waals surface area contributed by atoms with Crippen LogP contribution in [0.1, 0.15) is 56.4 Å². The molecule has 0 saturated heterocycles. The summed E-state index contributed by atoms with van der Waals surface area (Å²) >= 11 is 6.00. The molecular formula is C20H24ClN3O4. The third-order valence-electron chi connectivity index (χ3n) is 5.00. The van der Waals surface area contributed by atoms with Gasteiger partial charge in [-0.3, -0.25) is 9.59 Å². The van der Waals surface area contributed by atoms with E-state index < -0.39 is 0 Å². The van der Waals surface area contributed by atoms with Gasteiger partial charge in [0, 0.05) is 24.4 Å². The number of aromatic nitrogens is 2. The summed E-state index contributed by atoms with van der Waals surface area (Å²) in [5, 5.41) is 11.7. The van der Waals surface area contributed by atoms with E-state index in [9.17, 15) is 9.59 Å². The van der Waals surface area contributed by atoms with Gasteiger partial charge in [0.1, 0.15) is 0 Å². The third-order valence-corrected chi connectivity index (χ3v) is 5.25. The van der Waals surface area contributed by atoms with Crippen LogP contribution in [-0.4, -0.2) is 35.2 Å². The summed E-state index contributed by atoms with van der Waals surface area (Å²) in [5.74, 6) is 0.548. The van der Waals surface area contributed by atoms with E-state index in [2.05, 4.69) is 15.5 Å². The Labute approximate surface area is 168 Å². The molecule has 0 spiro atoms. The maximum atomic E-state index is 11.9. The number of hydrogen-bond donors (Lipinski definition) is 1. The molecule has 1 aliphatic rings. The first-order chi connectivity index (χ1) is 13.5. The molecule has 1 aromatic heterocycles. The van der Waals surface area contributed by atoms with E-state index in [1.54, 1.807) is 6.92 Å². The highest BCUT2D eigenvalue weighted by atomic mass is 35.5. The van der Waals surface area contributed by atoms with Crippen molar-refractivity contribution in [1.29, 1.82) is 0 Å². The number of nitrogens with zero attached hydrogens (tertiary/aromatic N) is 2. The monoisotopic (exact) mass is 405 g/mol. The summed E-state index contributed by atoms with van der Waals surface area (Å²) in [6, 6.07) is 7.74. The van der Waals surface area contributed by atoms with E-state index in [0.717, 1.165) is 24.8 Å². The van der Waals surface area contributed by atoms with E-state index in [1.165, 1.54) is 0 Å². The molecule has 0 radical (unpaired) electrons. The molecule has 3 rings (SSSR count). The molecule has 0 bridgehead atoms. The molecule has 1 aliphatic carbocycles. The number of nitrogens with one attached hydrogen (secondary N) is 1. The molecule has 1 saturated carbocycles. The van der Waals surface area contributed by atoms with E-state index in [1.807, 2.05) is 24.3 Å². The third kappa shape index (κ3) is 4.70. The minimum Gasteiger partial charge on any atom is -0.466 e. The fourth-order valence-corrected chi connectivity index (χ4v) is 3.45. The number of ether oxygens (including phenoxy) is 1. The lowest BCUT2D eigenvalue weighted by atomic mass is 9.64. The van der Waals surface area contributed by atoms with Crippen LogP contribution in [0.15, 0.2) is 28.7 Å². The molecule has 0 unspecified atom stereocenters. The van der Waals surface area contributed by atoms with Crippen LogP contribution in [-0.2, 0) is 26.2 Å². The van der Waals surface area contributed by atoms with Gasteiger partial charge in [-0.05, 0) is 37.5 Å². The minimum absolute atomic E-state index is 0.161. The van der Waals surface area contributed by atoms with Gasteiger partial charge in [0.15, 0.2) is 0 Å². The normalized spacial score (nSPS) is 14.9. The number of halogens is 1. The molecule has 0 atom stereocenters. The number of hydrogen-bond acceptors (Lipinski definition) is 6. The Hall–Kier alpha value is -2.41. The van der Waals surface area contributed by atoms with Crippen LogP contribution in [0.4, 0.5) is 0 Å². The van der Waals surface area contributed by atoms with Crippen molar-refractivity contribution in [3.8, 4) is 0 Å². The largest absolute Gasteiger partial charge is 0.466 e. The second-order valence-corrected chi connectivity index (χ2v) is 7.28. The van der Waals surface area contributed by atoms with Crippen molar-refractivity contribution in [3.63, 3.8) is 0 Å². The standard InChI is InChI=1S/C20H24ClN3O4/c1-2-27-18(26)10-13-22-16(25)8-9-17-23-24-19(28-17)20(11-3-12-20)14-4-6-15(21)7-5-14/h4-7H,2-3,8-13H2,1H3,(H,22,25). The first-order valence-corrected chi connectivity index (χ1v) is 9.92. The molecule has 1 N–H and O–H groups in total. The second-order valence-electron chi connectivity index (χ2n) is 6.85. The van der Waals surface area contributed by atoms with Gasteiger partial charge < -0.3 is 14.5 Å². The predicted molar refractivity (Wildman–Crippen MR) is 103 cm³/mol. The van der Waals surface area contributed by atoms with Crippen molar-refractivity contribution in [3.05, 3.63) is 46.6 Å². The molecular weight excluding hydrogens is 382 g/mol. The highest BCUT2D eigenvalue weighted by molar-refractivity contribution is 6.30. The van der Waals surface area contributed by atoms with Gasteiger partial charge in [0.2, 0.25) is 17.7 Å². The summed E-state index contributed by atoms with van der Waals surface area (Å²) < 4.78 is 10.7.